The molecular weight excluding hydrogens is 530 g/mol. The van der Waals surface area contributed by atoms with Crippen molar-refractivity contribution in [2.75, 3.05) is 19.5 Å². The number of hydrogen-bond acceptors (Lipinski definition) is 7. The molecular formula is C34H27N3O5. The number of methoxy groups -OCH3 is 2. The molecule has 3 aliphatic rings. The van der Waals surface area contributed by atoms with Crippen LogP contribution in [-0.4, -0.2) is 47.6 Å². The highest BCUT2D eigenvalue weighted by Crippen LogP contribution is 2.62. The summed E-state index contributed by atoms with van der Waals surface area (Å²) >= 11 is 0. The van der Waals surface area contributed by atoms with Gasteiger partial charge in [-0.3, -0.25) is 19.4 Å². The summed E-state index contributed by atoms with van der Waals surface area (Å²) in [6.45, 7) is 0. The first-order valence-corrected chi connectivity index (χ1v) is 13.7. The predicted molar refractivity (Wildman–Crippen MR) is 157 cm³/mol. The molecule has 1 saturated heterocycles. The molecule has 1 spiro atoms. The Morgan fingerprint density at radius 1 is 0.929 bits per heavy atom. The van der Waals surface area contributed by atoms with Crippen molar-refractivity contribution in [3.63, 3.8) is 0 Å². The standard InChI is InChI=1S/C34H27N3O5/c1-41-22-13-14-24(27(18-22)42-2)31(39)29-28(30(38)21-9-7-16-35-19-21)34(25-11-5-6-12-26(25)36-33(34)40)32-23-10-4-3-8-20(23)15-17-37(29)32/h3-19,28-29,32H,1-2H3,(H,36,40)/t28-,29-,32-,34+/m1/s1. The molecule has 8 heteroatoms. The first-order chi connectivity index (χ1) is 20.5. The number of carbonyl (C=O) groups is 3. The number of hydrogen-bond donors (Lipinski definition) is 1. The lowest BCUT2D eigenvalue weighted by molar-refractivity contribution is -0.122. The molecule has 8 nitrogen and oxygen atoms in total. The van der Waals surface area contributed by atoms with Gasteiger partial charge in [0.1, 0.15) is 23.0 Å². The molecule has 1 aromatic heterocycles. The second-order valence-electron chi connectivity index (χ2n) is 10.6. The van der Waals surface area contributed by atoms with E-state index in [2.05, 4.69) is 10.3 Å². The number of rotatable bonds is 6. The Labute approximate surface area is 242 Å². The number of ether oxygens (including phenoxy) is 2. The third kappa shape index (κ3) is 3.48. The molecule has 4 heterocycles. The number of carbonyl (C=O) groups excluding carboxylic acids is 3. The topological polar surface area (TPSA) is 97.8 Å². The van der Waals surface area contributed by atoms with Gasteiger partial charge in [-0.25, -0.2) is 0 Å². The van der Waals surface area contributed by atoms with Crippen molar-refractivity contribution in [1.82, 2.24) is 9.88 Å². The summed E-state index contributed by atoms with van der Waals surface area (Å²) in [6, 6.07) is 21.9. The van der Waals surface area contributed by atoms with Crippen molar-refractivity contribution >= 4 is 29.2 Å². The molecule has 0 radical (unpaired) electrons. The maximum Gasteiger partial charge on any atom is 0.238 e. The fourth-order valence-electron chi connectivity index (χ4n) is 7.02. The van der Waals surface area contributed by atoms with E-state index in [0.717, 1.165) is 11.1 Å². The monoisotopic (exact) mass is 557 g/mol. The minimum absolute atomic E-state index is 0.294. The van der Waals surface area contributed by atoms with Gasteiger partial charge >= 0.3 is 0 Å². The quantitative estimate of drug-likeness (QED) is 0.330. The third-order valence-corrected chi connectivity index (χ3v) is 8.74. The second kappa shape index (κ2) is 9.69. The molecule has 4 aromatic rings. The molecule has 1 N–H and O–H groups in total. The van der Waals surface area contributed by atoms with Gasteiger partial charge in [-0.2, -0.15) is 0 Å². The SMILES string of the molecule is COc1ccc(C(=O)[C@H]2[C@H](C(=O)c3cccnc3)[C@]3(C(=O)Nc4ccccc43)[C@H]3c4ccccc4C=CN23)c(OC)c1. The fourth-order valence-corrected chi connectivity index (χ4v) is 7.02. The first kappa shape index (κ1) is 25.7. The first-order valence-electron chi connectivity index (χ1n) is 13.7. The molecule has 0 unspecified atom stereocenters. The van der Waals surface area contributed by atoms with Crippen molar-refractivity contribution in [3.8, 4) is 11.5 Å². The molecule has 0 aliphatic carbocycles. The van der Waals surface area contributed by atoms with E-state index in [9.17, 15) is 14.4 Å². The van der Waals surface area contributed by atoms with Crippen LogP contribution in [0.3, 0.4) is 0 Å². The lowest BCUT2D eigenvalue weighted by Gasteiger charge is -2.38. The van der Waals surface area contributed by atoms with Crippen LogP contribution in [0.4, 0.5) is 5.69 Å². The maximum absolute atomic E-state index is 14.8. The van der Waals surface area contributed by atoms with Crippen LogP contribution in [0.2, 0.25) is 0 Å². The van der Waals surface area contributed by atoms with E-state index in [-0.39, 0.29) is 17.5 Å². The number of benzene rings is 3. The molecule has 1 fully saturated rings. The number of pyridine rings is 1. The van der Waals surface area contributed by atoms with Gasteiger partial charge in [-0.05, 0) is 53.1 Å². The Morgan fingerprint density at radius 3 is 2.52 bits per heavy atom. The summed E-state index contributed by atoms with van der Waals surface area (Å²) in [5.41, 5.74) is 2.33. The Bertz CT molecular complexity index is 1790. The summed E-state index contributed by atoms with van der Waals surface area (Å²) in [6.07, 6.45) is 6.86. The third-order valence-electron chi connectivity index (χ3n) is 8.74. The summed E-state index contributed by atoms with van der Waals surface area (Å²) in [7, 11) is 3.02. The van der Waals surface area contributed by atoms with E-state index in [1.54, 1.807) is 36.5 Å². The minimum atomic E-state index is -1.41. The zero-order valence-electron chi connectivity index (χ0n) is 23.0. The summed E-state index contributed by atoms with van der Waals surface area (Å²) in [5, 5.41) is 3.06. The van der Waals surface area contributed by atoms with E-state index in [1.165, 1.54) is 20.4 Å². The van der Waals surface area contributed by atoms with Gasteiger partial charge in [-0.15, -0.1) is 0 Å². The minimum Gasteiger partial charge on any atom is -0.497 e. The van der Waals surface area contributed by atoms with Crippen molar-refractivity contribution in [2.45, 2.75) is 17.5 Å². The van der Waals surface area contributed by atoms with Crippen LogP contribution < -0.4 is 14.8 Å². The van der Waals surface area contributed by atoms with Gasteiger partial charge in [0, 0.05) is 35.9 Å². The van der Waals surface area contributed by atoms with Crippen molar-refractivity contribution in [3.05, 3.63) is 125 Å². The molecule has 4 atom stereocenters. The summed E-state index contributed by atoms with van der Waals surface area (Å²) in [5.74, 6) is -1.22. The zero-order valence-corrected chi connectivity index (χ0v) is 23.0. The van der Waals surface area contributed by atoms with Crippen LogP contribution in [0.1, 0.15) is 43.4 Å². The molecule has 42 heavy (non-hydrogen) atoms. The van der Waals surface area contributed by atoms with Crippen molar-refractivity contribution in [1.29, 1.82) is 0 Å². The Hall–Kier alpha value is -5.24. The lowest BCUT2D eigenvalue weighted by atomic mass is 9.62. The van der Waals surface area contributed by atoms with Gasteiger partial charge in [0.2, 0.25) is 5.91 Å². The highest BCUT2D eigenvalue weighted by molar-refractivity contribution is 6.17. The van der Waals surface area contributed by atoms with Gasteiger partial charge in [0.15, 0.2) is 11.6 Å². The van der Waals surface area contributed by atoms with Crippen LogP contribution >= 0.6 is 0 Å². The van der Waals surface area contributed by atoms with E-state index in [4.69, 9.17) is 9.47 Å². The van der Waals surface area contributed by atoms with Crippen LogP contribution in [0, 0.1) is 5.92 Å². The normalized spacial score (nSPS) is 23.1. The van der Waals surface area contributed by atoms with Gasteiger partial charge in [0.05, 0.1) is 31.7 Å². The number of aromatic nitrogens is 1. The number of fused-ring (bicyclic) bond motifs is 6. The van der Waals surface area contributed by atoms with Crippen LogP contribution in [-0.2, 0) is 10.2 Å². The van der Waals surface area contributed by atoms with Gasteiger partial charge in [0.25, 0.3) is 0 Å². The van der Waals surface area contributed by atoms with E-state index < -0.39 is 23.4 Å². The number of para-hydroxylation sites is 1. The number of Topliss-reactive ketones (excluding diaryl/α,β-unsaturated/α-hetero) is 2. The van der Waals surface area contributed by atoms with Crippen molar-refractivity contribution < 1.29 is 23.9 Å². The molecule has 7 rings (SSSR count). The number of amides is 1. The highest BCUT2D eigenvalue weighted by Gasteiger charge is 2.70. The maximum atomic E-state index is 14.8. The molecule has 1 amide bonds. The average Bonchev–Trinajstić information content (AvgIpc) is 3.52. The van der Waals surface area contributed by atoms with Crippen molar-refractivity contribution in [2.24, 2.45) is 5.92 Å². The summed E-state index contributed by atoms with van der Waals surface area (Å²) < 4.78 is 11.0. The fraction of sp³-hybridized carbons (Fsp3) is 0.176. The van der Waals surface area contributed by atoms with E-state index in [0.29, 0.717) is 33.9 Å². The zero-order chi connectivity index (χ0) is 29.0. The predicted octanol–water partition coefficient (Wildman–Crippen LogP) is 5.08. The molecule has 3 aliphatic heterocycles. The Balaban J connectivity index is 1.53. The Morgan fingerprint density at radius 2 is 1.74 bits per heavy atom. The van der Waals surface area contributed by atoms with Gasteiger partial charge in [-0.1, -0.05) is 42.5 Å². The van der Waals surface area contributed by atoms with E-state index >= 15 is 0 Å². The molecule has 0 bridgehead atoms. The van der Waals surface area contributed by atoms with Crippen LogP contribution in [0.5, 0.6) is 11.5 Å². The number of ketones is 2. The smallest absolute Gasteiger partial charge is 0.238 e. The number of nitrogens with zero attached hydrogens (tertiary/aromatic N) is 2. The lowest BCUT2D eigenvalue weighted by Crippen LogP contribution is -2.49. The van der Waals surface area contributed by atoms with E-state index in [1.807, 2.05) is 65.7 Å². The second-order valence-corrected chi connectivity index (χ2v) is 10.6. The molecule has 208 valence electrons. The van der Waals surface area contributed by atoms with Crippen LogP contribution in [0.25, 0.3) is 6.08 Å². The number of anilines is 1. The average molecular weight is 558 g/mol. The largest absolute Gasteiger partial charge is 0.497 e. The molecule has 3 aromatic carbocycles. The summed E-state index contributed by atoms with van der Waals surface area (Å²) in [4.78, 5) is 50.1. The van der Waals surface area contributed by atoms with Gasteiger partial charge < -0.3 is 19.7 Å². The van der Waals surface area contributed by atoms with Crippen LogP contribution in [0.15, 0.2) is 97.5 Å². The highest BCUT2D eigenvalue weighted by atomic mass is 16.5. The number of nitrogens with one attached hydrogen (secondary N) is 1. The molecule has 0 saturated carbocycles. The Kier molecular flexibility index (Phi) is 5.93.